The summed E-state index contributed by atoms with van der Waals surface area (Å²) in [7, 11) is 0. The van der Waals surface area contributed by atoms with Crippen molar-refractivity contribution >= 4 is 11.7 Å². The fourth-order valence-corrected chi connectivity index (χ4v) is 1.14. The average Bonchev–Trinajstić information content (AvgIpc) is 2.78. The van der Waals surface area contributed by atoms with E-state index in [0.29, 0.717) is 6.54 Å². The molecule has 0 aromatic carbocycles. The van der Waals surface area contributed by atoms with E-state index < -0.39 is 0 Å². The van der Waals surface area contributed by atoms with Gasteiger partial charge in [-0.25, -0.2) is 4.98 Å². The Kier molecular flexibility index (Phi) is 2.77. The lowest BCUT2D eigenvalue weighted by Crippen LogP contribution is -2.24. The molecule has 7 nitrogen and oxygen atoms in total. The molecule has 0 bridgehead atoms. The van der Waals surface area contributed by atoms with Gasteiger partial charge < -0.3 is 11.1 Å². The Morgan fingerprint density at radius 3 is 3.00 bits per heavy atom. The SMILES string of the molecule is Nc1cncc(C(=O)NCc2cn[nH]c2)n1. The third kappa shape index (κ3) is 2.32. The molecule has 0 radical (unpaired) electrons. The molecule has 0 fully saturated rings. The second-order valence-corrected chi connectivity index (χ2v) is 3.12. The Morgan fingerprint density at radius 1 is 1.44 bits per heavy atom. The number of carbonyl (C=O) groups excluding carboxylic acids is 1. The first kappa shape index (κ1) is 10.1. The Hall–Kier alpha value is -2.44. The summed E-state index contributed by atoms with van der Waals surface area (Å²) in [6.07, 6.45) is 6.07. The second-order valence-electron chi connectivity index (χ2n) is 3.12. The maximum atomic E-state index is 11.6. The van der Waals surface area contributed by atoms with Crippen LogP contribution < -0.4 is 11.1 Å². The molecule has 7 heteroatoms. The molecule has 0 saturated heterocycles. The summed E-state index contributed by atoms with van der Waals surface area (Å²) in [4.78, 5) is 19.2. The molecule has 0 aliphatic carbocycles. The number of nitrogens with two attached hydrogens (primary N) is 1. The van der Waals surface area contributed by atoms with Crippen LogP contribution in [0.25, 0.3) is 0 Å². The van der Waals surface area contributed by atoms with Crippen molar-refractivity contribution in [1.29, 1.82) is 0 Å². The highest BCUT2D eigenvalue weighted by Crippen LogP contribution is 1.98. The number of aromatic amines is 1. The number of nitrogen functional groups attached to an aromatic ring is 1. The summed E-state index contributed by atoms with van der Waals surface area (Å²) in [5.74, 6) is -0.100. The van der Waals surface area contributed by atoms with Crippen molar-refractivity contribution in [2.24, 2.45) is 0 Å². The zero-order valence-corrected chi connectivity index (χ0v) is 8.34. The molecule has 16 heavy (non-hydrogen) atoms. The van der Waals surface area contributed by atoms with E-state index in [-0.39, 0.29) is 17.4 Å². The van der Waals surface area contributed by atoms with Gasteiger partial charge >= 0.3 is 0 Å². The van der Waals surface area contributed by atoms with Crippen molar-refractivity contribution in [3.8, 4) is 0 Å². The molecule has 82 valence electrons. The zero-order chi connectivity index (χ0) is 11.4. The van der Waals surface area contributed by atoms with E-state index in [0.717, 1.165) is 5.56 Å². The summed E-state index contributed by atoms with van der Waals surface area (Å²) in [6, 6.07) is 0. The molecule has 2 aromatic rings. The lowest BCUT2D eigenvalue weighted by molar-refractivity contribution is 0.0945. The first-order chi connectivity index (χ1) is 7.75. The van der Waals surface area contributed by atoms with Gasteiger partial charge in [-0.2, -0.15) is 5.10 Å². The van der Waals surface area contributed by atoms with E-state index in [1.54, 1.807) is 12.4 Å². The van der Waals surface area contributed by atoms with Crippen LogP contribution in [0.2, 0.25) is 0 Å². The Balaban J connectivity index is 1.98. The molecule has 0 aliphatic rings. The van der Waals surface area contributed by atoms with Gasteiger partial charge in [-0.3, -0.25) is 14.9 Å². The van der Waals surface area contributed by atoms with E-state index in [2.05, 4.69) is 25.5 Å². The molecule has 4 N–H and O–H groups in total. The summed E-state index contributed by atoms with van der Waals surface area (Å²) >= 11 is 0. The van der Waals surface area contributed by atoms with Crippen molar-refractivity contribution < 1.29 is 4.79 Å². The Bertz CT molecular complexity index is 481. The normalized spacial score (nSPS) is 10.0. The smallest absolute Gasteiger partial charge is 0.271 e. The number of H-pyrrole nitrogens is 1. The highest BCUT2D eigenvalue weighted by molar-refractivity contribution is 5.92. The predicted octanol–water partition coefficient (Wildman–Crippen LogP) is -0.288. The van der Waals surface area contributed by atoms with Crippen molar-refractivity contribution in [3.05, 3.63) is 36.0 Å². The second kappa shape index (κ2) is 4.39. The van der Waals surface area contributed by atoms with Gasteiger partial charge in [-0.05, 0) is 0 Å². The summed E-state index contributed by atoms with van der Waals surface area (Å²) in [5.41, 5.74) is 6.50. The minimum absolute atomic E-state index is 0.198. The lowest BCUT2D eigenvalue weighted by Gasteiger charge is -2.02. The Morgan fingerprint density at radius 2 is 2.31 bits per heavy atom. The maximum Gasteiger partial charge on any atom is 0.271 e. The summed E-state index contributed by atoms with van der Waals surface area (Å²) < 4.78 is 0. The largest absolute Gasteiger partial charge is 0.382 e. The maximum absolute atomic E-state index is 11.6. The molecule has 0 saturated carbocycles. The molecule has 2 aromatic heterocycles. The number of aromatic nitrogens is 4. The van der Waals surface area contributed by atoms with E-state index in [1.165, 1.54) is 12.4 Å². The number of rotatable bonds is 3. The van der Waals surface area contributed by atoms with E-state index in [9.17, 15) is 4.79 Å². The number of amides is 1. The number of anilines is 1. The molecule has 0 aliphatic heterocycles. The molecule has 2 heterocycles. The number of hydrogen-bond donors (Lipinski definition) is 3. The van der Waals surface area contributed by atoms with Gasteiger partial charge in [0.25, 0.3) is 5.91 Å². The van der Waals surface area contributed by atoms with Crippen LogP contribution in [-0.4, -0.2) is 26.1 Å². The van der Waals surface area contributed by atoms with Crippen molar-refractivity contribution in [1.82, 2.24) is 25.5 Å². The Labute approximate surface area is 91.1 Å². The number of nitrogens with zero attached hydrogens (tertiary/aromatic N) is 3. The van der Waals surface area contributed by atoms with Crippen LogP contribution in [0, 0.1) is 0 Å². The summed E-state index contributed by atoms with van der Waals surface area (Å²) in [5, 5.41) is 9.09. The highest BCUT2D eigenvalue weighted by atomic mass is 16.1. The molecule has 1 amide bonds. The fourth-order valence-electron chi connectivity index (χ4n) is 1.14. The quantitative estimate of drug-likeness (QED) is 0.655. The standard InChI is InChI=1S/C9H10N6O/c10-8-5-11-4-7(15-8)9(16)12-1-6-2-13-14-3-6/h2-5H,1H2,(H2,10,15)(H,12,16)(H,13,14). The summed E-state index contributed by atoms with van der Waals surface area (Å²) in [6.45, 7) is 0.381. The first-order valence-electron chi connectivity index (χ1n) is 4.59. The van der Waals surface area contributed by atoms with Gasteiger partial charge in [-0.1, -0.05) is 0 Å². The first-order valence-corrected chi connectivity index (χ1v) is 4.59. The lowest BCUT2D eigenvalue weighted by atomic mass is 10.3. The van der Waals surface area contributed by atoms with Crippen LogP contribution in [0.3, 0.4) is 0 Å². The van der Waals surface area contributed by atoms with Gasteiger partial charge in [0.1, 0.15) is 11.5 Å². The molecule has 0 spiro atoms. The van der Waals surface area contributed by atoms with Crippen molar-refractivity contribution in [2.45, 2.75) is 6.54 Å². The van der Waals surface area contributed by atoms with Gasteiger partial charge in [0.2, 0.25) is 0 Å². The minimum Gasteiger partial charge on any atom is -0.382 e. The van der Waals surface area contributed by atoms with Crippen LogP contribution in [0.5, 0.6) is 0 Å². The molecule has 0 atom stereocenters. The molecular formula is C9H10N6O. The highest BCUT2D eigenvalue weighted by Gasteiger charge is 2.07. The van der Waals surface area contributed by atoms with Crippen molar-refractivity contribution in [3.63, 3.8) is 0 Å². The number of nitrogens with one attached hydrogen (secondary N) is 2. The van der Waals surface area contributed by atoms with Gasteiger partial charge in [-0.15, -0.1) is 0 Å². The van der Waals surface area contributed by atoms with Crippen LogP contribution in [0.15, 0.2) is 24.8 Å². The minimum atomic E-state index is -0.319. The fraction of sp³-hybridized carbons (Fsp3) is 0.111. The zero-order valence-electron chi connectivity index (χ0n) is 8.34. The monoisotopic (exact) mass is 218 g/mol. The molecule has 2 rings (SSSR count). The van der Waals surface area contributed by atoms with Gasteiger partial charge in [0.05, 0.1) is 18.6 Å². The molecular weight excluding hydrogens is 208 g/mol. The van der Waals surface area contributed by atoms with Gasteiger partial charge in [0.15, 0.2) is 0 Å². The third-order valence-electron chi connectivity index (χ3n) is 1.89. The van der Waals surface area contributed by atoms with E-state index in [1.807, 2.05) is 0 Å². The third-order valence-corrected chi connectivity index (χ3v) is 1.89. The van der Waals surface area contributed by atoms with Crippen LogP contribution in [-0.2, 0) is 6.54 Å². The number of carbonyl (C=O) groups is 1. The van der Waals surface area contributed by atoms with Crippen LogP contribution in [0.1, 0.15) is 16.1 Å². The van der Waals surface area contributed by atoms with Gasteiger partial charge in [0, 0.05) is 18.3 Å². The van der Waals surface area contributed by atoms with Crippen molar-refractivity contribution in [2.75, 3.05) is 5.73 Å². The average molecular weight is 218 g/mol. The topological polar surface area (TPSA) is 110 Å². The van der Waals surface area contributed by atoms with Crippen LogP contribution in [0.4, 0.5) is 5.82 Å². The number of hydrogen-bond acceptors (Lipinski definition) is 5. The van der Waals surface area contributed by atoms with E-state index in [4.69, 9.17) is 5.73 Å². The van der Waals surface area contributed by atoms with Crippen LogP contribution >= 0.6 is 0 Å². The van der Waals surface area contributed by atoms with E-state index >= 15 is 0 Å². The predicted molar refractivity (Wildman–Crippen MR) is 56.2 cm³/mol. The molecule has 0 unspecified atom stereocenters.